The van der Waals surface area contributed by atoms with Crippen LogP contribution in [0.15, 0.2) is 52.2 Å². The number of benzene rings is 2. The topological polar surface area (TPSA) is 439 Å². The van der Waals surface area contributed by atoms with Gasteiger partial charge in [-0.15, -0.1) is 0 Å². The van der Waals surface area contributed by atoms with Crippen LogP contribution in [0.4, 0.5) is 0 Å². The fourth-order valence-corrected chi connectivity index (χ4v) is 8.97. The van der Waals surface area contributed by atoms with Crippen molar-refractivity contribution in [1.82, 2.24) is 14.8 Å². The first-order valence-electron chi connectivity index (χ1n) is 21.0. The van der Waals surface area contributed by atoms with E-state index in [1.165, 1.54) is 12.1 Å². The SMILES string of the molecule is N#CC(c1ccc(Cl)cc1)c1c(Cl)ccc(-n2ncc(=O)[nH]c2=O)c1Cl.NC[C@@H]1O[C@H](O[C@H]2[C@@H](O)[C@H](O[C@@H]3[C@@H](O)[C@H](N)C[C@H](N)[C@H]3O[C@H]3O[C@H](CO)[C@@H](O)[C@H](O)[C@H]3N)O[C@@H]2CO)[C@H](N)[C@@H](O)[C@@H]1O. The maximum Gasteiger partial charge on any atom is 0.349 e. The fourth-order valence-electron chi connectivity index (χ4n) is 8.17. The van der Waals surface area contributed by atoms with Crippen molar-refractivity contribution >= 4 is 34.8 Å². The molecule has 28 heteroatoms. The zero-order chi connectivity index (χ0) is 49.9. The van der Waals surface area contributed by atoms with Gasteiger partial charge in [0.15, 0.2) is 18.9 Å². The Kier molecular flexibility index (Phi) is 18.5. The molecule has 7 rings (SSSR count). The Morgan fingerprint density at radius 2 is 1.29 bits per heavy atom. The number of nitrogens with two attached hydrogens (primary N) is 5. The first-order valence-corrected chi connectivity index (χ1v) is 22.2. The molecule has 376 valence electrons. The largest absolute Gasteiger partial charge is 0.394 e. The molecule has 4 aliphatic rings. The Hall–Kier alpha value is -3.35. The van der Waals surface area contributed by atoms with Crippen molar-refractivity contribution in [3.05, 3.63) is 89.6 Å². The minimum absolute atomic E-state index is 0.0642. The number of aromatic amines is 1. The summed E-state index contributed by atoms with van der Waals surface area (Å²) in [7, 11) is 0. The molecule has 68 heavy (non-hydrogen) atoms. The summed E-state index contributed by atoms with van der Waals surface area (Å²) in [6, 6.07) is 7.55. The van der Waals surface area contributed by atoms with E-state index in [1.54, 1.807) is 24.3 Å². The molecule has 3 aromatic rings. The van der Waals surface area contributed by atoms with E-state index in [9.17, 15) is 55.7 Å². The lowest BCUT2D eigenvalue weighted by Gasteiger charge is -2.47. The molecule has 0 amide bonds. The van der Waals surface area contributed by atoms with Crippen molar-refractivity contribution in [2.24, 2.45) is 28.7 Å². The molecule has 0 bridgehead atoms. The number of nitrogens with zero attached hydrogens (tertiary/aromatic N) is 3. The Morgan fingerprint density at radius 1 is 0.735 bits per heavy atom. The number of nitrogens with one attached hydrogen (secondary N) is 1. The summed E-state index contributed by atoms with van der Waals surface area (Å²) in [4.78, 5) is 25.3. The minimum atomic E-state index is -1.62. The molecular formula is C40H54Cl3N9O16. The molecule has 19 N–H and O–H groups in total. The fraction of sp³-hybridized carbons (Fsp3) is 0.600. The zero-order valence-electron chi connectivity index (χ0n) is 35.6. The Bertz CT molecular complexity index is 2320. The van der Waals surface area contributed by atoms with Crippen molar-refractivity contribution in [2.45, 2.75) is 129 Å². The maximum absolute atomic E-state index is 12.0. The zero-order valence-corrected chi connectivity index (χ0v) is 37.9. The lowest BCUT2D eigenvalue weighted by atomic mass is 9.84. The van der Waals surface area contributed by atoms with Gasteiger partial charge in [0.25, 0.3) is 5.56 Å². The second-order valence-electron chi connectivity index (χ2n) is 16.5. The number of halogens is 3. The van der Waals surface area contributed by atoms with E-state index in [-0.39, 0.29) is 28.7 Å². The van der Waals surface area contributed by atoms with Gasteiger partial charge in [0.05, 0.1) is 54.1 Å². The van der Waals surface area contributed by atoms with E-state index < -0.39 is 147 Å². The minimum Gasteiger partial charge on any atom is -0.394 e. The van der Waals surface area contributed by atoms with Crippen molar-refractivity contribution in [1.29, 1.82) is 5.26 Å². The van der Waals surface area contributed by atoms with Crippen molar-refractivity contribution in [2.75, 3.05) is 19.8 Å². The number of aromatic nitrogens is 3. The Morgan fingerprint density at radius 3 is 1.87 bits per heavy atom. The molecule has 1 aromatic heterocycles. The molecule has 0 radical (unpaired) electrons. The third kappa shape index (κ3) is 11.4. The molecule has 4 fully saturated rings. The third-order valence-corrected chi connectivity index (χ3v) is 13.0. The van der Waals surface area contributed by atoms with Crippen LogP contribution in [0.5, 0.6) is 0 Å². The number of rotatable bonds is 12. The number of ether oxygens (including phenoxy) is 6. The molecule has 1 saturated carbocycles. The average Bonchev–Trinajstić information content (AvgIpc) is 3.61. The van der Waals surface area contributed by atoms with E-state index in [2.05, 4.69) is 16.2 Å². The number of aliphatic hydroxyl groups excluding tert-OH is 8. The van der Waals surface area contributed by atoms with Gasteiger partial charge in [0, 0.05) is 34.2 Å². The van der Waals surface area contributed by atoms with Gasteiger partial charge in [-0.05, 0) is 36.2 Å². The predicted molar refractivity (Wildman–Crippen MR) is 236 cm³/mol. The number of hydrogen-bond donors (Lipinski definition) is 14. The lowest BCUT2D eigenvalue weighted by molar-refractivity contribution is -0.310. The number of aliphatic hydroxyl groups is 8. The predicted octanol–water partition coefficient (Wildman–Crippen LogP) is -5.33. The van der Waals surface area contributed by atoms with Gasteiger partial charge in [-0.1, -0.05) is 46.9 Å². The average molecular weight is 1020 g/mol. The van der Waals surface area contributed by atoms with Gasteiger partial charge in [-0.3, -0.25) is 9.78 Å². The maximum atomic E-state index is 12.0. The Labute approximate surface area is 401 Å². The smallest absolute Gasteiger partial charge is 0.349 e. The van der Waals surface area contributed by atoms with E-state index in [4.69, 9.17) is 91.9 Å². The summed E-state index contributed by atoms with van der Waals surface area (Å²) in [6.45, 7) is -1.49. The van der Waals surface area contributed by atoms with Crippen LogP contribution in [0, 0.1) is 11.3 Å². The summed E-state index contributed by atoms with van der Waals surface area (Å²) in [5.74, 6) is -0.786. The second-order valence-corrected chi connectivity index (χ2v) is 17.7. The van der Waals surface area contributed by atoms with Crippen LogP contribution in [-0.4, -0.2) is 192 Å². The van der Waals surface area contributed by atoms with Gasteiger partial charge in [-0.2, -0.15) is 15.0 Å². The summed E-state index contributed by atoms with van der Waals surface area (Å²) in [5, 5.41) is 96.6. The van der Waals surface area contributed by atoms with Gasteiger partial charge in [0.1, 0.15) is 73.3 Å². The number of hydrogen-bond acceptors (Lipinski definition) is 23. The first-order chi connectivity index (χ1) is 32.3. The molecule has 2 aromatic carbocycles. The van der Waals surface area contributed by atoms with Crippen molar-refractivity contribution in [3.63, 3.8) is 0 Å². The van der Waals surface area contributed by atoms with E-state index in [0.717, 1.165) is 10.9 Å². The molecule has 3 aliphatic heterocycles. The molecule has 25 nitrogen and oxygen atoms in total. The van der Waals surface area contributed by atoms with Gasteiger partial charge >= 0.3 is 5.69 Å². The van der Waals surface area contributed by atoms with Crippen LogP contribution < -0.4 is 39.9 Å². The molecule has 4 heterocycles. The summed E-state index contributed by atoms with van der Waals surface area (Å²) >= 11 is 18.6. The summed E-state index contributed by atoms with van der Waals surface area (Å²) in [6.07, 6.45) is -19.6. The highest BCUT2D eigenvalue weighted by Crippen LogP contribution is 2.39. The monoisotopic (exact) mass is 1020 g/mol. The van der Waals surface area contributed by atoms with E-state index >= 15 is 0 Å². The lowest BCUT2D eigenvalue weighted by Crippen LogP contribution is -2.68. The Balaban J connectivity index is 0.000000250. The van der Waals surface area contributed by atoms with E-state index in [0.29, 0.717) is 16.1 Å². The molecule has 3 saturated heterocycles. The first kappa shape index (κ1) is 54.0. The van der Waals surface area contributed by atoms with Crippen LogP contribution in [-0.2, 0) is 28.4 Å². The van der Waals surface area contributed by atoms with E-state index in [1.807, 2.05) is 0 Å². The highest BCUT2D eigenvalue weighted by atomic mass is 35.5. The number of nitriles is 1. The normalized spacial score (nSPS) is 37.7. The van der Waals surface area contributed by atoms with Crippen LogP contribution in [0.25, 0.3) is 5.69 Å². The molecule has 1 unspecified atom stereocenters. The van der Waals surface area contributed by atoms with Crippen LogP contribution >= 0.6 is 34.8 Å². The highest BCUT2D eigenvalue weighted by Gasteiger charge is 2.54. The summed E-state index contributed by atoms with van der Waals surface area (Å²) in [5.41, 5.74) is 29.7. The van der Waals surface area contributed by atoms with Gasteiger partial charge in [0.2, 0.25) is 0 Å². The van der Waals surface area contributed by atoms with Crippen LogP contribution in [0.2, 0.25) is 15.1 Å². The molecular weight excluding hydrogens is 969 g/mol. The van der Waals surface area contributed by atoms with Crippen molar-refractivity contribution < 1.29 is 69.3 Å². The summed E-state index contributed by atoms with van der Waals surface area (Å²) < 4.78 is 35.3. The highest BCUT2D eigenvalue weighted by molar-refractivity contribution is 6.37. The van der Waals surface area contributed by atoms with Crippen LogP contribution in [0.3, 0.4) is 0 Å². The standard InChI is InChI=1S/C23H45N5O14.C17H9Cl3N4O2/c24-2-7-13(32)15(34)10(27)21(37-7)41-19-9(4-30)39-23(17(19)36)42-20-12(31)5(25)1-6(26)18(20)40-22-11(28)16(35)14(33)8(3-29)38-22;18-10-3-1-9(2-4-10)11(7-21)15-12(19)5-6-13(16(15)20)24-17(26)23-14(25)8-22-24/h5-23,29-36H,1-4,24-28H2;1-6,8,11H,(H,23,25,26)/t5-,6+,7+,8-,9-,10-,11-,12+,13-,14-,15-,16-,17-,18-,19-,20-,21-,22-,23+;/m1./s1. The second kappa shape index (κ2) is 23.3. The molecule has 1 aliphatic carbocycles. The molecule has 0 spiro atoms. The van der Waals surface area contributed by atoms with Gasteiger partial charge < -0.3 is 97.9 Å². The van der Waals surface area contributed by atoms with Crippen molar-refractivity contribution in [3.8, 4) is 11.8 Å². The third-order valence-electron chi connectivity index (χ3n) is 12.0. The number of H-pyrrole nitrogens is 1. The van der Waals surface area contributed by atoms with Crippen LogP contribution in [0.1, 0.15) is 23.5 Å². The molecule has 20 atom stereocenters. The van der Waals surface area contributed by atoms with Gasteiger partial charge in [-0.25, -0.2) is 4.79 Å². The quantitative estimate of drug-likeness (QED) is 0.0805.